The van der Waals surface area contributed by atoms with Crippen LogP contribution in [0.2, 0.25) is 5.02 Å². The van der Waals surface area contributed by atoms with E-state index in [9.17, 15) is 14.9 Å². The summed E-state index contributed by atoms with van der Waals surface area (Å²) in [5.41, 5.74) is 8.08. The van der Waals surface area contributed by atoms with Gasteiger partial charge >= 0.3 is 0 Å². The van der Waals surface area contributed by atoms with Crippen molar-refractivity contribution >= 4 is 40.6 Å². The third-order valence-corrected chi connectivity index (χ3v) is 6.28. The summed E-state index contributed by atoms with van der Waals surface area (Å²) >= 11 is 5.98. The molecule has 0 saturated carbocycles. The van der Waals surface area contributed by atoms with Crippen molar-refractivity contribution in [3.63, 3.8) is 0 Å². The summed E-state index contributed by atoms with van der Waals surface area (Å²) in [4.78, 5) is 29.7. The first-order valence-corrected chi connectivity index (χ1v) is 11.1. The lowest BCUT2D eigenvalue weighted by Crippen LogP contribution is -2.27. The summed E-state index contributed by atoms with van der Waals surface area (Å²) in [6.07, 6.45) is 1.42. The second-order valence-electron chi connectivity index (χ2n) is 8.58. The van der Waals surface area contributed by atoms with Gasteiger partial charge in [0.15, 0.2) is 0 Å². The van der Waals surface area contributed by atoms with Gasteiger partial charge in [-0.3, -0.25) is 9.59 Å². The van der Waals surface area contributed by atoms with Crippen molar-refractivity contribution in [2.24, 2.45) is 5.92 Å². The summed E-state index contributed by atoms with van der Waals surface area (Å²) in [6, 6.07) is 16.0. The number of nitriles is 1. The lowest BCUT2D eigenvalue weighted by atomic mass is 9.74. The molecular weight excluding hydrogens is 450 g/mol. The minimum Gasteiger partial charge on any atom is -0.382 e. The SMILES string of the molecule is Cc1ccc(NC(=O)c2cccc(C(C)(C#N)C(C)C)c2)cc1C(=O)Nc1cnc(N)c(Cl)c1. The molecule has 1 atom stereocenters. The minimum absolute atomic E-state index is 0.0696. The lowest BCUT2D eigenvalue weighted by Gasteiger charge is -2.26. The Balaban J connectivity index is 1.82. The second-order valence-corrected chi connectivity index (χ2v) is 8.99. The van der Waals surface area contributed by atoms with Crippen molar-refractivity contribution in [3.8, 4) is 6.07 Å². The van der Waals surface area contributed by atoms with Crippen LogP contribution in [-0.2, 0) is 5.41 Å². The number of anilines is 3. The maximum Gasteiger partial charge on any atom is 0.256 e. The van der Waals surface area contributed by atoms with Gasteiger partial charge in [0.2, 0.25) is 0 Å². The van der Waals surface area contributed by atoms with Gasteiger partial charge in [-0.05, 0) is 61.2 Å². The van der Waals surface area contributed by atoms with Crippen molar-refractivity contribution in [3.05, 3.63) is 82.0 Å². The molecule has 0 radical (unpaired) electrons. The molecule has 0 saturated heterocycles. The number of amides is 2. The van der Waals surface area contributed by atoms with E-state index in [2.05, 4.69) is 21.7 Å². The monoisotopic (exact) mass is 475 g/mol. The molecule has 0 fully saturated rings. The zero-order chi connectivity index (χ0) is 25.0. The van der Waals surface area contributed by atoms with Crippen LogP contribution in [0.1, 0.15) is 52.6 Å². The Morgan fingerprint density at radius 1 is 1.09 bits per heavy atom. The fraction of sp³-hybridized carbons (Fsp3) is 0.231. The number of aromatic nitrogens is 1. The first kappa shape index (κ1) is 24.7. The van der Waals surface area contributed by atoms with Gasteiger partial charge in [-0.25, -0.2) is 4.98 Å². The normalized spacial score (nSPS) is 12.5. The Hall–Kier alpha value is -3.89. The van der Waals surface area contributed by atoms with Crippen LogP contribution in [-0.4, -0.2) is 16.8 Å². The van der Waals surface area contributed by atoms with E-state index < -0.39 is 5.41 Å². The fourth-order valence-corrected chi connectivity index (χ4v) is 3.54. The highest BCUT2D eigenvalue weighted by atomic mass is 35.5. The maximum atomic E-state index is 12.9. The van der Waals surface area contributed by atoms with Gasteiger partial charge in [-0.2, -0.15) is 5.26 Å². The summed E-state index contributed by atoms with van der Waals surface area (Å²) in [5, 5.41) is 15.5. The highest BCUT2D eigenvalue weighted by Crippen LogP contribution is 2.32. The number of nitrogen functional groups attached to an aromatic ring is 1. The maximum absolute atomic E-state index is 12.9. The average Bonchev–Trinajstić information content (AvgIpc) is 2.82. The number of halogens is 1. The summed E-state index contributed by atoms with van der Waals surface area (Å²) in [5.74, 6) is -0.469. The molecule has 0 bridgehead atoms. The zero-order valence-corrected chi connectivity index (χ0v) is 20.2. The first-order valence-electron chi connectivity index (χ1n) is 10.7. The topological polar surface area (TPSA) is 121 Å². The minimum atomic E-state index is -0.717. The van der Waals surface area contributed by atoms with Crippen LogP contribution in [0, 0.1) is 24.2 Å². The smallest absolute Gasteiger partial charge is 0.256 e. The molecule has 0 spiro atoms. The predicted molar refractivity (Wildman–Crippen MR) is 135 cm³/mol. The van der Waals surface area contributed by atoms with Crippen LogP contribution in [0.3, 0.4) is 0 Å². The molecule has 0 aliphatic rings. The molecule has 3 rings (SSSR count). The van der Waals surface area contributed by atoms with E-state index in [0.717, 1.165) is 11.1 Å². The van der Waals surface area contributed by atoms with Crippen molar-refractivity contribution in [1.29, 1.82) is 5.26 Å². The van der Waals surface area contributed by atoms with Crippen molar-refractivity contribution in [2.75, 3.05) is 16.4 Å². The van der Waals surface area contributed by atoms with Gasteiger partial charge in [-0.15, -0.1) is 0 Å². The molecule has 3 aromatic rings. The van der Waals surface area contributed by atoms with E-state index in [4.69, 9.17) is 17.3 Å². The number of hydrogen-bond acceptors (Lipinski definition) is 5. The Kier molecular flexibility index (Phi) is 7.23. The van der Waals surface area contributed by atoms with Crippen molar-refractivity contribution < 1.29 is 9.59 Å². The van der Waals surface area contributed by atoms with E-state index >= 15 is 0 Å². The third-order valence-electron chi connectivity index (χ3n) is 5.98. The van der Waals surface area contributed by atoms with E-state index in [1.165, 1.54) is 12.3 Å². The Morgan fingerprint density at radius 3 is 2.44 bits per heavy atom. The fourth-order valence-electron chi connectivity index (χ4n) is 3.37. The molecule has 174 valence electrons. The number of nitrogens with zero attached hydrogens (tertiary/aromatic N) is 2. The number of hydrogen-bond donors (Lipinski definition) is 3. The molecule has 0 aliphatic heterocycles. The van der Waals surface area contributed by atoms with Gasteiger partial charge in [0.1, 0.15) is 5.82 Å². The van der Waals surface area contributed by atoms with Crippen LogP contribution in [0.4, 0.5) is 17.2 Å². The molecule has 1 unspecified atom stereocenters. The highest BCUT2D eigenvalue weighted by molar-refractivity contribution is 6.33. The van der Waals surface area contributed by atoms with Crippen molar-refractivity contribution in [2.45, 2.75) is 33.1 Å². The molecule has 0 aliphatic carbocycles. The van der Waals surface area contributed by atoms with Crippen LogP contribution < -0.4 is 16.4 Å². The molecule has 4 N–H and O–H groups in total. The molecular formula is C26H26ClN5O2. The highest BCUT2D eigenvalue weighted by Gasteiger charge is 2.31. The molecule has 7 nitrogen and oxygen atoms in total. The molecule has 1 heterocycles. The van der Waals surface area contributed by atoms with E-state index in [-0.39, 0.29) is 28.6 Å². The zero-order valence-electron chi connectivity index (χ0n) is 19.4. The number of carbonyl (C=O) groups is 2. The predicted octanol–water partition coefficient (Wildman–Crippen LogP) is 5.57. The van der Waals surface area contributed by atoms with Gasteiger partial charge in [0.25, 0.3) is 11.8 Å². The first-order chi connectivity index (χ1) is 16.0. The summed E-state index contributed by atoms with van der Waals surface area (Å²) < 4.78 is 0. The summed E-state index contributed by atoms with van der Waals surface area (Å²) in [6.45, 7) is 7.61. The van der Waals surface area contributed by atoms with Gasteiger partial charge < -0.3 is 16.4 Å². The third kappa shape index (κ3) is 5.19. The molecule has 34 heavy (non-hydrogen) atoms. The Labute approximate surface area is 204 Å². The van der Waals surface area contributed by atoms with Gasteiger partial charge in [0, 0.05) is 16.8 Å². The lowest BCUT2D eigenvalue weighted by molar-refractivity contribution is 0.101. The second kappa shape index (κ2) is 9.94. The van der Waals surface area contributed by atoms with Crippen LogP contribution >= 0.6 is 11.6 Å². The number of pyridine rings is 1. The van der Waals surface area contributed by atoms with Crippen LogP contribution in [0.15, 0.2) is 54.7 Å². The standard InChI is InChI=1S/C26H26ClN5O2/c1-15(2)26(4,14-28)18-7-5-6-17(10-18)24(33)31-19-9-8-16(3)21(11-19)25(34)32-20-12-22(27)23(29)30-13-20/h5-13,15H,1-4H3,(H2,29,30)(H,31,33)(H,32,34). The van der Waals surface area contributed by atoms with Gasteiger partial charge in [0.05, 0.1) is 28.4 Å². The van der Waals surface area contributed by atoms with Crippen LogP contribution in [0.5, 0.6) is 0 Å². The molecule has 2 aromatic carbocycles. The number of nitrogens with two attached hydrogens (primary N) is 1. The number of carbonyl (C=O) groups excluding carboxylic acids is 2. The quantitative estimate of drug-likeness (QED) is 0.430. The Morgan fingerprint density at radius 2 is 1.79 bits per heavy atom. The molecule has 2 amide bonds. The van der Waals surface area contributed by atoms with Crippen molar-refractivity contribution in [1.82, 2.24) is 4.98 Å². The van der Waals surface area contributed by atoms with Crippen LogP contribution in [0.25, 0.3) is 0 Å². The molecule has 8 heteroatoms. The van der Waals surface area contributed by atoms with E-state index in [1.54, 1.807) is 43.3 Å². The Bertz CT molecular complexity index is 1300. The number of benzene rings is 2. The van der Waals surface area contributed by atoms with E-state index in [0.29, 0.717) is 22.5 Å². The number of rotatable bonds is 6. The largest absolute Gasteiger partial charge is 0.382 e. The summed E-state index contributed by atoms with van der Waals surface area (Å²) in [7, 11) is 0. The molecule has 1 aromatic heterocycles. The average molecular weight is 476 g/mol. The van der Waals surface area contributed by atoms with Gasteiger partial charge in [-0.1, -0.05) is 43.6 Å². The van der Waals surface area contributed by atoms with E-state index in [1.807, 2.05) is 26.8 Å². The number of nitrogens with one attached hydrogen (secondary N) is 2. The number of aryl methyl sites for hydroxylation is 1.